The first kappa shape index (κ1) is 15.6. The van der Waals surface area contributed by atoms with Gasteiger partial charge in [0.1, 0.15) is 5.75 Å². The Morgan fingerprint density at radius 3 is 2.33 bits per heavy atom. The van der Waals surface area contributed by atoms with Crippen LogP contribution >= 0.6 is 0 Å². The van der Waals surface area contributed by atoms with Crippen molar-refractivity contribution in [2.45, 2.75) is 31.7 Å². The molecule has 2 N–H and O–H groups in total. The topological polar surface area (TPSA) is 50.4 Å². The van der Waals surface area contributed by atoms with E-state index >= 15 is 0 Å². The number of piperidine rings is 1. The van der Waals surface area contributed by atoms with Crippen LogP contribution in [0.15, 0.2) is 24.3 Å². The molecule has 4 nitrogen and oxygen atoms in total. The minimum atomic E-state index is -4.73. The number of carbonyl (C=O) groups is 1. The Bertz CT molecular complexity index is 494. The van der Waals surface area contributed by atoms with E-state index in [-0.39, 0.29) is 17.2 Å². The van der Waals surface area contributed by atoms with Crippen molar-refractivity contribution < 1.29 is 22.7 Å². The smallest absolute Gasteiger partial charge is 0.406 e. The number of nitrogens with one attached hydrogen (secondary N) is 2. The third-order valence-electron chi connectivity index (χ3n) is 3.47. The molecule has 0 radical (unpaired) electrons. The minimum Gasteiger partial charge on any atom is -0.406 e. The summed E-state index contributed by atoms with van der Waals surface area (Å²) in [5.74, 6) is -0.634. The van der Waals surface area contributed by atoms with Crippen molar-refractivity contribution in [3.8, 4) is 5.75 Å². The summed E-state index contributed by atoms with van der Waals surface area (Å²) in [5, 5.41) is 6.15. The first-order valence-corrected chi connectivity index (χ1v) is 6.66. The Morgan fingerprint density at radius 1 is 1.24 bits per heavy atom. The number of hydrogen-bond donors (Lipinski definition) is 2. The molecule has 1 fully saturated rings. The molecule has 1 saturated heterocycles. The van der Waals surface area contributed by atoms with Crippen LogP contribution in [0.4, 0.5) is 13.2 Å². The van der Waals surface area contributed by atoms with Gasteiger partial charge in [-0.15, -0.1) is 13.2 Å². The van der Waals surface area contributed by atoms with Gasteiger partial charge < -0.3 is 15.4 Å². The van der Waals surface area contributed by atoms with Crippen molar-refractivity contribution in [1.29, 1.82) is 0 Å². The summed E-state index contributed by atoms with van der Waals surface area (Å²) in [4.78, 5) is 12.1. The van der Waals surface area contributed by atoms with Crippen molar-refractivity contribution in [3.63, 3.8) is 0 Å². The van der Waals surface area contributed by atoms with Gasteiger partial charge in [0.25, 0.3) is 5.91 Å². The molecule has 1 aromatic carbocycles. The highest BCUT2D eigenvalue weighted by Crippen LogP contribution is 2.23. The number of alkyl halides is 3. The monoisotopic (exact) mass is 302 g/mol. The molecule has 1 amide bonds. The van der Waals surface area contributed by atoms with Crippen LogP contribution < -0.4 is 15.4 Å². The van der Waals surface area contributed by atoms with Gasteiger partial charge in [0.15, 0.2) is 0 Å². The van der Waals surface area contributed by atoms with Gasteiger partial charge in [-0.1, -0.05) is 0 Å². The number of ether oxygens (including phenoxy) is 1. The minimum absolute atomic E-state index is 0.288. The largest absolute Gasteiger partial charge is 0.573 e. The average molecular weight is 302 g/mol. The van der Waals surface area contributed by atoms with Gasteiger partial charge in [-0.2, -0.15) is 0 Å². The summed E-state index contributed by atoms with van der Waals surface area (Å²) in [6, 6.07) is 4.90. The van der Waals surface area contributed by atoms with Gasteiger partial charge in [0.2, 0.25) is 0 Å². The van der Waals surface area contributed by atoms with E-state index < -0.39 is 6.36 Å². The molecule has 0 spiro atoms. The summed E-state index contributed by atoms with van der Waals surface area (Å²) < 4.78 is 39.9. The molecule has 0 atom stereocenters. The van der Waals surface area contributed by atoms with Crippen LogP contribution in [0.3, 0.4) is 0 Å². The first-order valence-electron chi connectivity index (χ1n) is 6.66. The summed E-state index contributed by atoms with van der Waals surface area (Å²) >= 11 is 0. The zero-order chi connectivity index (χ0) is 15.5. The van der Waals surface area contributed by atoms with Gasteiger partial charge in [-0.3, -0.25) is 4.79 Å². The van der Waals surface area contributed by atoms with E-state index in [2.05, 4.69) is 15.4 Å². The quantitative estimate of drug-likeness (QED) is 0.902. The van der Waals surface area contributed by atoms with Gasteiger partial charge in [0.05, 0.1) is 0 Å². The molecule has 7 heteroatoms. The fraction of sp³-hybridized carbons (Fsp3) is 0.500. The zero-order valence-corrected chi connectivity index (χ0v) is 11.6. The lowest BCUT2D eigenvalue weighted by molar-refractivity contribution is -0.274. The van der Waals surface area contributed by atoms with Crippen molar-refractivity contribution >= 4 is 5.91 Å². The molecule has 1 aromatic rings. The normalized spacial score (nSPS) is 18.1. The maximum Gasteiger partial charge on any atom is 0.573 e. The van der Waals surface area contributed by atoms with Crippen molar-refractivity contribution in [3.05, 3.63) is 29.8 Å². The van der Waals surface area contributed by atoms with Crippen LogP contribution in [0.1, 0.15) is 30.1 Å². The van der Waals surface area contributed by atoms with E-state index in [9.17, 15) is 18.0 Å². The Labute approximate surface area is 120 Å². The Balaban J connectivity index is 1.99. The lowest BCUT2D eigenvalue weighted by Gasteiger charge is -2.35. The van der Waals surface area contributed by atoms with Gasteiger partial charge in [-0.25, -0.2) is 0 Å². The van der Waals surface area contributed by atoms with Crippen LogP contribution in [0.5, 0.6) is 5.75 Å². The molecule has 0 aliphatic carbocycles. The molecule has 1 aliphatic heterocycles. The van der Waals surface area contributed by atoms with Crippen LogP contribution in [0, 0.1) is 0 Å². The predicted octanol–water partition coefficient (Wildman–Crippen LogP) is 2.46. The molecular formula is C14H17F3N2O2. The number of rotatable bonds is 3. The Kier molecular flexibility index (Phi) is 4.41. The van der Waals surface area contributed by atoms with E-state index in [1.807, 2.05) is 6.92 Å². The second-order valence-electron chi connectivity index (χ2n) is 5.34. The predicted molar refractivity (Wildman–Crippen MR) is 71.1 cm³/mol. The van der Waals surface area contributed by atoms with Crippen LogP contribution in [0.25, 0.3) is 0 Å². The van der Waals surface area contributed by atoms with E-state index in [0.29, 0.717) is 5.56 Å². The Morgan fingerprint density at radius 2 is 1.81 bits per heavy atom. The maximum absolute atomic E-state index is 12.1. The first-order chi connectivity index (χ1) is 9.77. The summed E-state index contributed by atoms with van der Waals surface area (Å²) in [5.41, 5.74) is 0.0213. The molecule has 1 aliphatic rings. The van der Waals surface area contributed by atoms with Crippen LogP contribution in [0.2, 0.25) is 0 Å². The van der Waals surface area contributed by atoms with Gasteiger partial charge in [0, 0.05) is 11.1 Å². The second-order valence-corrected chi connectivity index (χ2v) is 5.34. The SMILES string of the molecule is CC1(NC(=O)c2ccc(OC(F)(F)F)cc2)CCNCC1. The van der Waals surface area contributed by atoms with E-state index in [4.69, 9.17) is 0 Å². The summed E-state index contributed by atoms with van der Waals surface area (Å²) in [6.45, 7) is 3.62. The number of amides is 1. The molecule has 0 bridgehead atoms. The molecule has 0 saturated carbocycles. The highest BCUT2D eigenvalue weighted by Gasteiger charge is 2.31. The van der Waals surface area contributed by atoms with Crippen LogP contribution in [-0.2, 0) is 0 Å². The van der Waals surface area contributed by atoms with E-state index in [1.165, 1.54) is 12.1 Å². The third kappa shape index (κ3) is 4.63. The highest BCUT2D eigenvalue weighted by atomic mass is 19.4. The van der Waals surface area contributed by atoms with E-state index in [0.717, 1.165) is 38.1 Å². The highest BCUT2D eigenvalue weighted by molar-refractivity contribution is 5.94. The molecule has 21 heavy (non-hydrogen) atoms. The van der Waals surface area contributed by atoms with Crippen molar-refractivity contribution in [2.75, 3.05) is 13.1 Å². The number of halogens is 3. The van der Waals surface area contributed by atoms with Crippen LogP contribution in [-0.4, -0.2) is 30.9 Å². The van der Waals surface area contributed by atoms with E-state index in [1.54, 1.807) is 0 Å². The molecule has 2 rings (SSSR count). The fourth-order valence-corrected chi connectivity index (χ4v) is 2.26. The third-order valence-corrected chi connectivity index (χ3v) is 3.47. The van der Waals surface area contributed by atoms with Crippen molar-refractivity contribution in [1.82, 2.24) is 10.6 Å². The molecule has 0 aromatic heterocycles. The molecule has 116 valence electrons. The summed E-state index contributed by atoms with van der Waals surface area (Å²) in [6.07, 6.45) is -3.10. The van der Waals surface area contributed by atoms with Gasteiger partial charge >= 0.3 is 6.36 Å². The second kappa shape index (κ2) is 5.93. The maximum atomic E-state index is 12.1. The number of carbonyl (C=O) groups excluding carboxylic acids is 1. The Hall–Kier alpha value is -1.76. The molecular weight excluding hydrogens is 285 g/mol. The zero-order valence-electron chi connectivity index (χ0n) is 11.6. The van der Waals surface area contributed by atoms with Gasteiger partial charge in [-0.05, 0) is 57.1 Å². The number of hydrogen-bond acceptors (Lipinski definition) is 3. The number of benzene rings is 1. The lowest BCUT2D eigenvalue weighted by Crippen LogP contribution is -2.52. The molecule has 1 heterocycles. The summed E-state index contributed by atoms with van der Waals surface area (Å²) in [7, 11) is 0. The lowest BCUT2D eigenvalue weighted by atomic mass is 9.90. The fourth-order valence-electron chi connectivity index (χ4n) is 2.26. The van der Waals surface area contributed by atoms with Crippen molar-refractivity contribution in [2.24, 2.45) is 0 Å². The molecule has 0 unspecified atom stereocenters. The standard InChI is InChI=1S/C14H17F3N2O2/c1-13(6-8-18-9-7-13)19-12(20)10-2-4-11(5-3-10)21-14(15,16)17/h2-5,18H,6-9H2,1H3,(H,19,20). The average Bonchev–Trinajstić information content (AvgIpc) is 2.38.